The van der Waals surface area contributed by atoms with Gasteiger partial charge in [-0.1, -0.05) is 17.7 Å². The Morgan fingerprint density at radius 2 is 1.79 bits per heavy atom. The number of carbonyl (C=O) groups is 2. The van der Waals surface area contributed by atoms with E-state index in [0.717, 1.165) is 73.7 Å². The first-order chi connectivity index (χ1) is 14.1. The topological polar surface area (TPSA) is 79.2 Å². The van der Waals surface area contributed by atoms with Crippen molar-refractivity contribution in [2.24, 2.45) is 0 Å². The summed E-state index contributed by atoms with van der Waals surface area (Å²) in [4.78, 5) is 28.4. The predicted molar refractivity (Wildman–Crippen MR) is 116 cm³/mol. The van der Waals surface area contributed by atoms with Crippen LogP contribution in [0.2, 0.25) is 0 Å². The number of fused-ring (bicyclic) bond motifs is 1. The number of benzene rings is 1. The van der Waals surface area contributed by atoms with E-state index >= 15 is 0 Å². The van der Waals surface area contributed by atoms with Crippen LogP contribution in [-0.2, 0) is 17.6 Å². The van der Waals surface area contributed by atoms with Gasteiger partial charge in [-0.05, 0) is 50.3 Å². The Labute approximate surface area is 175 Å². The van der Waals surface area contributed by atoms with E-state index in [0.29, 0.717) is 12.1 Å². The molecule has 0 saturated carbocycles. The van der Waals surface area contributed by atoms with Gasteiger partial charge in [-0.15, -0.1) is 11.3 Å². The second-order valence-corrected chi connectivity index (χ2v) is 9.18. The Balaban J connectivity index is 1.53. The van der Waals surface area contributed by atoms with Crippen molar-refractivity contribution >= 4 is 33.8 Å². The van der Waals surface area contributed by atoms with E-state index in [9.17, 15) is 9.59 Å². The fourth-order valence-corrected chi connectivity index (χ4v) is 5.48. The molecule has 1 aliphatic heterocycles. The fourth-order valence-electron chi connectivity index (χ4n) is 4.18. The molecule has 0 atom stereocenters. The van der Waals surface area contributed by atoms with Gasteiger partial charge in [-0.2, -0.15) is 0 Å². The maximum absolute atomic E-state index is 13.2. The fraction of sp³-hybridized carbons (Fsp3) is 0.455. The van der Waals surface area contributed by atoms with E-state index in [-0.39, 0.29) is 11.8 Å². The molecule has 1 saturated heterocycles. The summed E-state index contributed by atoms with van der Waals surface area (Å²) in [5, 5.41) is 9.11. The van der Waals surface area contributed by atoms with Gasteiger partial charge in [0.15, 0.2) is 6.54 Å². The van der Waals surface area contributed by atoms with Crippen LogP contribution in [0.1, 0.15) is 39.2 Å². The summed E-state index contributed by atoms with van der Waals surface area (Å²) in [5.74, 6) is -0.117. The summed E-state index contributed by atoms with van der Waals surface area (Å²) in [6.45, 7) is 6.65. The van der Waals surface area contributed by atoms with E-state index in [1.807, 2.05) is 31.2 Å². The van der Waals surface area contributed by atoms with Crippen LogP contribution in [0.4, 0.5) is 10.7 Å². The van der Waals surface area contributed by atoms with Gasteiger partial charge < -0.3 is 20.9 Å². The number of amides is 2. The van der Waals surface area contributed by atoms with Crippen molar-refractivity contribution in [3.05, 3.63) is 45.8 Å². The molecule has 29 heavy (non-hydrogen) atoms. The minimum atomic E-state index is -0.122. The zero-order chi connectivity index (χ0) is 20.2. The Morgan fingerprint density at radius 3 is 2.55 bits per heavy atom. The summed E-state index contributed by atoms with van der Waals surface area (Å²) in [6, 6.07) is 7.81. The SMILES string of the molecule is Cc1ccc(NC(=O)c2c(NC(=O)C[NH+]3CC[NH2+]CC3)sc3c2CCCC3)cc1. The van der Waals surface area contributed by atoms with Crippen LogP contribution in [-0.4, -0.2) is 44.5 Å². The molecule has 0 spiro atoms. The molecule has 154 valence electrons. The van der Waals surface area contributed by atoms with Crippen molar-refractivity contribution in [2.75, 3.05) is 43.4 Å². The average molecular weight is 415 g/mol. The van der Waals surface area contributed by atoms with E-state index in [1.165, 1.54) is 9.78 Å². The Hall–Kier alpha value is -2.22. The number of nitrogens with one attached hydrogen (secondary N) is 3. The monoisotopic (exact) mass is 414 g/mol. The van der Waals surface area contributed by atoms with Crippen LogP contribution in [0.25, 0.3) is 0 Å². The second kappa shape index (κ2) is 9.07. The first-order valence-electron chi connectivity index (χ1n) is 10.6. The van der Waals surface area contributed by atoms with Gasteiger partial charge in [0.05, 0.1) is 5.56 Å². The van der Waals surface area contributed by atoms with Crippen LogP contribution >= 0.6 is 11.3 Å². The van der Waals surface area contributed by atoms with Crippen molar-refractivity contribution in [1.82, 2.24) is 0 Å². The molecule has 2 heterocycles. The first-order valence-corrected chi connectivity index (χ1v) is 11.4. The van der Waals surface area contributed by atoms with Crippen molar-refractivity contribution in [1.29, 1.82) is 0 Å². The predicted octanol–water partition coefficient (Wildman–Crippen LogP) is 0.588. The van der Waals surface area contributed by atoms with Crippen LogP contribution in [0.3, 0.4) is 0 Å². The third kappa shape index (κ3) is 4.86. The van der Waals surface area contributed by atoms with Crippen LogP contribution in [0.15, 0.2) is 24.3 Å². The maximum Gasteiger partial charge on any atom is 0.280 e. The van der Waals surface area contributed by atoms with Gasteiger partial charge in [-0.25, -0.2) is 0 Å². The molecule has 1 aromatic carbocycles. The number of thiophene rings is 1. The Kier molecular flexibility index (Phi) is 6.28. The van der Waals surface area contributed by atoms with Gasteiger partial charge in [0.2, 0.25) is 0 Å². The van der Waals surface area contributed by atoms with Gasteiger partial charge in [0.1, 0.15) is 31.2 Å². The number of hydrogen-bond acceptors (Lipinski definition) is 3. The summed E-state index contributed by atoms with van der Waals surface area (Å²) in [7, 11) is 0. The van der Waals surface area contributed by atoms with Crippen molar-refractivity contribution in [2.45, 2.75) is 32.6 Å². The zero-order valence-corrected chi connectivity index (χ0v) is 17.8. The van der Waals surface area contributed by atoms with Crippen LogP contribution < -0.4 is 20.9 Å². The highest BCUT2D eigenvalue weighted by Crippen LogP contribution is 2.38. The molecule has 1 aliphatic carbocycles. The molecule has 1 fully saturated rings. The highest BCUT2D eigenvalue weighted by molar-refractivity contribution is 7.17. The lowest BCUT2D eigenvalue weighted by Gasteiger charge is -2.21. The van der Waals surface area contributed by atoms with Crippen LogP contribution in [0, 0.1) is 6.92 Å². The normalized spacial score (nSPS) is 16.9. The highest BCUT2D eigenvalue weighted by atomic mass is 32.1. The van der Waals surface area contributed by atoms with Crippen molar-refractivity contribution in [3.63, 3.8) is 0 Å². The average Bonchev–Trinajstić information content (AvgIpc) is 3.08. The molecule has 7 heteroatoms. The molecule has 2 aromatic rings. The molecule has 4 rings (SSSR count). The standard InChI is InChI=1S/C22H28N4O2S/c1-15-6-8-16(9-7-15)24-21(28)20-17-4-2-3-5-18(17)29-22(20)25-19(27)14-26-12-10-23-11-13-26/h6-9,23H,2-5,10-14H2,1H3,(H,24,28)(H,25,27)/p+2. The lowest BCUT2D eigenvalue weighted by molar-refractivity contribution is -0.940. The molecular formula is C22H30N4O2S+2. The number of carbonyl (C=O) groups excluding carboxylic acids is 2. The third-order valence-electron chi connectivity index (χ3n) is 5.78. The Bertz CT molecular complexity index is 885. The number of piperazine rings is 1. The lowest BCUT2D eigenvalue weighted by Crippen LogP contribution is -3.21. The van der Waals surface area contributed by atoms with Crippen molar-refractivity contribution < 1.29 is 19.8 Å². The molecule has 1 aromatic heterocycles. The molecule has 0 unspecified atom stereocenters. The van der Waals surface area contributed by atoms with Gasteiger partial charge >= 0.3 is 0 Å². The molecule has 5 N–H and O–H groups in total. The first kappa shape index (κ1) is 20.1. The minimum absolute atomic E-state index is 0.00452. The van der Waals surface area contributed by atoms with E-state index in [1.54, 1.807) is 11.3 Å². The summed E-state index contributed by atoms with van der Waals surface area (Å²) >= 11 is 1.59. The van der Waals surface area contributed by atoms with Crippen molar-refractivity contribution in [3.8, 4) is 0 Å². The quantitative estimate of drug-likeness (QED) is 0.578. The third-order valence-corrected chi connectivity index (χ3v) is 6.98. The van der Waals surface area contributed by atoms with E-state index in [4.69, 9.17) is 0 Å². The lowest BCUT2D eigenvalue weighted by atomic mass is 9.95. The number of rotatable bonds is 5. The largest absolute Gasteiger partial charge is 0.337 e. The number of nitrogens with two attached hydrogens (primary N) is 1. The molecule has 6 nitrogen and oxygen atoms in total. The summed E-state index contributed by atoms with van der Waals surface area (Å²) < 4.78 is 0. The maximum atomic E-state index is 13.2. The smallest absolute Gasteiger partial charge is 0.280 e. The van der Waals surface area contributed by atoms with Gasteiger partial charge in [0, 0.05) is 10.6 Å². The number of aryl methyl sites for hydroxylation is 2. The Morgan fingerprint density at radius 1 is 1.07 bits per heavy atom. The van der Waals surface area contributed by atoms with Crippen LogP contribution in [0.5, 0.6) is 0 Å². The molecule has 0 bridgehead atoms. The number of hydrogen-bond donors (Lipinski definition) is 4. The van der Waals surface area contributed by atoms with Gasteiger partial charge in [0.25, 0.3) is 11.8 Å². The minimum Gasteiger partial charge on any atom is -0.337 e. The van der Waals surface area contributed by atoms with E-state index < -0.39 is 0 Å². The summed E-state index contributed by atoms with van der Waals surface area (Å²) in [6.07, 6.45) is 4.14. The van der Waals surface area contributed by atoms with E-state index in [2.05, 4.69) is 16.0 Å². The summed E-state index contributed by atoms with van der Waals surface area (Å²) in [5.41, 5.74) is 3.73. The number of quaternary nitrogens is 2. The number of anilines is 2. The molecule has 2 aliphatic rings. The second-order valence-electron chi connectivity index (χ2n) is 8.08. The zero-order valence-electron chi connectivity index (χ0n) is 17.0. The van der Waals surface area contributed by atoms with Gasteiger partial charge in [-0.3, -0.25) is 9.59 Å². The highest BCUT2D eigenvalue weighted by Gasteiger charge is 2.27. The molecule has 0 radical (unpaired) electrons. The molecule has 2 amide bonds. The molecular weight excluding hydrogens is 384 g/mol.